The Labute approximate surface area is 64.6 Å². The van der Waals surface area contributed by atoms with Crippen LogP contribution in [0.15, 0.2) is 0 Å². The molecule has 2 unspecified atom stereocenters. The van der Waals surface area contributed by atoms with Crippen molar-refractivity contribution >= 4 is 11.9 Å². The van der Waals surface area contributed by atoms with Gasteiger partial charge in [-0.2, -0.15) is 0 Å². The highest BCUT2D eigenvalue weighted by Gasteiger charge is 2.32. The first-order valence-corrected chi connectivity index (χ1v) is 3.62. The van der Waals surface area contributed by atoms with Gasteiger partial charge in [0.05, 0.1) is 0 Å². The Bertz CT molecular complexity index is 190. The van der Waals surface area contributed by atoms with Crippen LogP contribution in [0.5, 0.6) is 0 Å². The molecule has 62 valence electrons. The van der Waals surface area contributed by atoms with Crippen LogP contribution in [-0.4, -0.2) is 23.5 Å². The number of carboxylic acid groups (broad SMARTS) is 1. The normalized spacial score (nSPS) is 27.7. The lowest BCUT2D eigenvalue weighted by Gasteiger charge is -1.98. The van der Waals surface area contributed by atoms with Gasteiger partial charge in [0.2, 0.25) is 0 Å². The number of rotatable bonds is 2. The van der Waals surface area contributed by atoms with E-state index in [-0.39, 0.29) is 0 Å². The summed E-state index contributed by atoms with van der Waals surface area (Å²) in [7, 11) is 0. The Hall–Kier alpha value is -1.06. The van der Waals surface area contributed by atoms with E-state index in [0.717, 1.165) is 6.42 Å². The molecule has 1 saturated carbocycles. The van der Waals surface area contributed by atoms with Crippen LogP contribution in [0.25, 0.3) is 0 Å². The second-order valence-corrected chi connectivity index (χ2v) is 2.99. The first-order valence-electron chi connectivity index (χ1n) is 3.62. The highest BCUT2D eigenvalue weighted by Crippen LogP contribution is 2.36. The average Bonchev–Trinajstić information content (AvgIpc) is 2.61. The molecule has 1 aliphatic carbocycles. The summed E-state index contributed by atoms with van der Waals surface area (Å²) in [5, 5.41) is 10.5. The monoisotopic (exact) mass is 157 g/mol. The maximum Gasteiger partial charge on any atom is 0.394 e. The standard InChI is InChI=1S/C7H11NO3/c1-4-2-5(4)3-8-6(9)7(10)11/h4-5H,2-3H2,1H3,(H,8,9)(H,10,11). The lowest BCUT2D eigenvalue weighted by molar-refractivity contribution is -0.150. The van der Waals surface area contributed by atoms with Gasteiger partial charge in [0.1, 0.15) is 0 Å². The molecule has 2 atom stereocenters. The Morgan fingerprint density at radius 2 is 2.18 bits per heavy atom. The number of hydrogen-bond acceptors (Lipinski definition) is 2. The predicted octanol–water partition coefficient (Wildman–Crippen LogP) is -0.157. The topological polar surface area (TPSA) is 66.4 Å². The molecule has 1 rings (SSSR count). The highest BCUT2D eigenvalue weighted by atomic mass is 16.4. The van der Waals surface area contributed by atoms with Crippen molar-refractivity contribution < 1.29 is 14.7 Å². The predicted molar refractivity (Wildman–Crippen MR) is 37.9 cm³/mol. The molecule has 4 nitrogen and oxygen atoms in total. The quantitative estimate of drug-likeness (QED) is 0.547. The zero-order valence-electron chi connectivity index (χ0n) is 6.33. The van der Waals surface area contributed by atoms with E-state index in [1.54, 1.807) is 0 Å². The van der Waals surface area contributed by atoms with Gasteiger partial charge in [-0.3, -0.25) is 4.79 Å². The summed E-state index contributed by atoms with van der Waals surface area (Å²) >= 11 is 0. The van der Waals surface area contributed by atoms with Crippen LogP contribution < -0.4 is 5.32 Å². The Kier molecular flexibility index (Phi) is 2.12. The van der Waals surface area contributed by atoms with Crippen LogP contribution in [0.1, 0.15) is 13.3 Å². The van der Waals surface area contributed by atoms with Crippen molar-refractivity contribution in [1.29, 1.82) is 0 Å². The van der Waals surface area contributed by atoms with Gasteiger partial charge in [-0.05, 0) is 18.3 Å². The van der Waals surface area contributed by atoms with E-state index in [2.05, 4.69) is 12.2 Å². The first-order chi connectivity index (χ1) is 5.11. The molecular formula is C7H11NO3. The van der Waals surface area contributed by atoms with Crippen molar-refractivity contribution in [3.63, 3.8) is 0 Å². The minimum Gasteiger partial charge on any atom is -0.474 e. The third kappa shape index (κ3) is 2.22. The molecule has 0 radical (unpaired) electrons. The summed E-state index contributed by atoms with van der Waals surface area (Å²) in [6.07, 6.45) is 1.10. The summed E-state index contributed by atoms with van der Waals surface area (Å²) < 4.78 is 0. The second kappa shape index (κ2) is 2.90. The lowest BCUT2D eigenvalue weighted by atomic mass is 10.3. The first kappa shape index (κ1) is 8.04. The summed E-state index contributed by atoms with van der Waals surface area (Å²) in [5.74, 6) is -1.16. The smallest absolute Gasteiger partial charge is 0.394 e. The van der Waals surface area contributed by atoms with E-state index in [9.17, 15) is 9.59 Å². The van der Waals surface area contributed by atoms with E-state index in [1.165, 1.54) is 0 Å². The van der Waals surface area contributed by atoms with Crippen molar-refractivity contribution in [2.75, 3.05) is 6.54 Å². The molecule has 0 spiro atoms. The highest BCUT2D eigenvalue weighted by molar-refractivity contribution is 6.31. The zero-order chi connectivity index (χ0) is 8.43. The number of hydrogen-bond donors (Lipinski definition) is 2. The van der Waals surface area contributed by atoms with Crippen LogP contribution in [0.2, 0.25) is 0 Å². The SMILES string of the molecule is CC1CC1CNC(=O)C(=O)O. The van der Waals surface area contributed by atoms with Gasteiger partial charge in [-0.1, -0.05) is 6.92 Å². The van der Waals surface area contributed by atoms with Crippen molar-refractivity contribution in [1.82, 2.24) is 5.32 Å². The summed E-state index contributed by atoms with van der Waals surface area (Å²) in [6, 6.07) is 0. The van der Waals surface area contributed by atoms with Crippen molar-refractivity contribution in [3.8, 4) is 0 Å². The molecule has 1 amide bonds. The third-order valence-corrected chi connectivity index (χ3v) is 2.00. The van der Waals surface area contributed by atoms with Gasteiger partial charge in [0.15, 0.2) is 0 Å². The molecule has 0 aromatic carbocycles. The Morgan fingerprint density at radius 3 is 2.55 bits per heavy atom. The van der Waals surface area contributed by atoms with Gasteiger partial charge >= 0.3 is 11.9 Å². The number of nitrogens with one attached hydrogen (secondary N) is 1. The van der Waals surface area contributed by atoms with Crippen LogP contribution >= 0.6 is 0 Å². The number of carbonyl (C=O) groups is 2. The molecule has 0 bridgehead atoms. The van der Waals surface area contributed by atoms with Crippen LogP contribution in [0, 0.1) is 11.8 Å². The molecule has 4 heteroatoms. The number of aliphatic carboxylic acids is 1. The molecule has 0 aromatic heterocycles. The molecule has 1 aliphatic rings. The number of carbonyl (C=O) groups excluding carboxylic acids is 1. The van der Waals surface area contributed by atoms with E-state index >= 15 is 0 Å². The minimum atomic E-state index is -1.40. The van der Waals surface area contributed by atoms with Crippen LogP contribution in [-0.2, 0) is 9.59 Å². The minimum absolute atomic E-state index is 0.498. The molecule has 0 heterocycles. The zero-order valence-corrected chi connectivity index (χ0v) is 6.33. The fraction of sp³-hybridized carbons (Fsp3) is 0.714. The fourth-order valence-corrected chi connectivity index (χ4v) is 0.983. The number of carboxylic acids is 1. The van der Waals surface area contributed by atoms with Crippen LogP contribution in [0.4, 0.5) is 0 Å². The second-order valence-electron chi connectivity index (χ2n) is 2.99. The van der Waals surface area contributed by atoms with Crippen molar-refractivity contribution in [2.45, 2.75) is 13.3 Å². The summed E-state index contributed by atoms with van der Waals surface area (Å²) in [5.41, 5.74) is 0. The maximum absolute atomic E-state index is 10.5. The largest absolute Gasteiger partial charge is 0.474 e. The number of amides is 1. The fourth-order valence-electron chi connectivity index (χ4n) is 0.983. The van der Waals surface area contributed by atoms with E-state index in [1.807, 2.05) is 0 Å². The molecule has 1 fully saturated rings. The summed E-state index contributed by atoms with van der Waals surface area (Å²) in [6.45, 7) is 2.59. The Balaban J connectivity index is 2.12. The van der Waals surface area contributed by atoms with Gasteiger partial charge in [0.25, 0.3) is 0 Å². The molecule has 2 N–H and O–H groups in total. The van der Waals surface area contributed by atoms with E-state index < -0.39 is 11.9 Å². The van der Waals surface area contributed by atoms with E-state index in [0.29, 0.717) is 18.4 Å². The maximum atomic E-state index is 10.5. The summed E-state index contributed by atoms with van der Waals surface area (Å²) in [4.78, 5) is 20.5. The molecular weight excluding hydrogens is 146 g/mol. The van der Waals surface area contributed by atoms with Gasteiger partial charge in [-0.15, -0.1) is 0 Å². The molecule has 0 saturated heterocycles. The van der Waals surface area contributed by atoms with Crippen molar-refractivity contribution in [2.24, 2.45) is 11.8 Å². The third-order valence-electron chi connectivity index (χ3n) is 2.00. The average molecular weight is 157 g/mol. The molecule has 0 aromatic rings. The van der Waals surface area contributed by atoms with Gasteiger partial charge < -0.3 is 10.4 Å². The molecule has 0 aliphatic heterocycles. The molecule has 11 heavy (non-hydrogen) atoms. The van der Waals surface area contributed by atoms with Crippen molar-refractivity contribution in [3.05, 3.63) is 0 Å². The van der Waals surface area contributed by atoms with Gasteiger partial charge in [0, 0.05) is 6.54 Å². The van der Waals surface area contributed by atoms with E-state index in [4.69, 9.17) is 5.11 Å². The lowest BCUT2D eigenvalue weighted by Crippen LogP contribution is -2.32. The Morgan fingerprint density at radius 1 is 1.64 bits per heavy atom. The van der Waals surface area contributed by atoms with Gasteiger partial charge in [-0.25, -0.2) is 4.79 Å². The van der Waals surface area contributed by atoms with Crippen LogP contribution in [0.3, 0.4) is 0 Å².